The number of rotatable bonds is 2. The lowest BCUT2D eigenvalue weighted by atomic mass is 10.0. The van der Waals surface area contributed by atoms with Gasteiger partial charge in [0.15, 0.2) is 11.6 Å². The van der Waals surface area contributed by atoms with Crippen LogP contribution in [0.1, 0.15) is 18.2 Å². The van der Waals surface area contributed by atoms with Crippen LogP contribution in [0.2, 0.25) is 0 Å². The van der Waals surface area contributed by atoms with Crippen molar-refractivity contribution in [1.82, 2.24) is 4.98 Å². The Hall–Kier alpha value is -1.75. The lowest BCUT2D eigenvalue weighted by Crippen LogP contribution is -2.12. The molecule has 0 unspecified atom stereocenters. The first kappa shape index (κ1) is 11.7. The van der Waals surface area contributed by atoms with Crippen LogP contribution >= 0.6 is 0 Å². The number of fused-ring (bicyclic) bond motifs is 1. The Balaban J connectivity index is 2.92. The van der Waals surface area contributed by atoms with Gasteiger partial charge in [-0.3, -0.25) is 5.84 Å². The van der Waals surface area contributed by atoms with Crippen LogP contribution in [0.15, 0.2) is 12.1 Å². The van der Waals surface area contributed by atoms with E-state index in [2.05, 4.69) is 10.4 Å². The van der Waals surface area contributed by atoms with Gasteiger partial charge in [0.05, 0.1) is 5.69 Å². The van der Waals surface area contributed by atoms with E-state index in [0.717, 1.165) is 11.6 Å². The summed E-state index contributed by atoms with van der Waals surface area (Å²) >= 11 is 0. The minimum atomic E-state index is -0.940. The van der Waals surface area contributed by atoms with Crippen LogP contribution in [-0.2, 0) is 6.42 Å². The minimum Gasteiger partial charge on any atom is -0.323 e. The van der Waals surface area contributed by atoms with E-state index in [1.165, 1.54) is 6.07 Å². The minimum absolute atomic E-state index is 0.00708. The van der Waals surface area contributed by atoms with E-state index in [9.17, 15) is 8.78 Å². The number of aromatic nitrogens is 1. The molecule has 0 spiro atoms. The van der Waals surface area contributed by atoms with Gasteiger partial charge in [-0.25, -0.2) is 13.8 Å². The van der Waals surface area contributed by atoms with E-state index in [0.29, 0.717) is 23.2 Å². The number of nitrogens with two attached hydrogens (primary N) is 1. The molecule has 0 amide bonds. The van der Waals surface area contributed by atoms with Gasteiger partial charge in [-0.05, 0) is 31.0 Å². The van der Waals surface area contributed by atoms with Crippen molar-refractivity contribution in [2.45, 2.75) is 20.3 Å². The Morgan fingerprint density at radius 2 is 2.06 bits per heavy atom. The molecule has 0 aliphatic heterocycles. The van der Waals surface area contributed by atoms with Gasteiger partial charge in [0, 0.05) is 11.1 Å². The van der Waals surface area contributed by atoms with E-state index >= 15 is 0 Å². The van der Waals surface area contributed by atoms with Crippen LogP contribution in [0.5, 0.6) is 0 Å². The number of pyridine rings is 1. The molecule has 3 N–H and O–H groups in total. The van der Waals surface area contributed by atoms with Crippen molar-refractivity contribution in [3.05, 3.63) is 35.0 Å². The summed E-state index contributed by atoms with van der Waals surface area (Å²) < 4.78 is 26.8. The van der Waals surface area contributed by atoms with E-state index in [1.807, 2.05) is 6.92 Å². The molecule has 2 aromatic rings. The number of hydrogen-bond donors (Lipinski definition) is 2. The summed E-state index contributed by atoms with van der Waals surface area (Å²) in [6.45, 7) is 3.71. The molecular weight excluding hydrogens is 224 g/mol. The number of nitrogens with one attached hydrogen (secondary N) is 1. The van der Waals surface area contributed by atoms with Crippen molar-refractivity contribution in [2.75, 3.05) is 5.43 Å². The van der Waals surface area contributed by atoms with Gasteiger partial charge in [0.25, 0.3) is 0 Å². The molecule has 0 saturated heterocycles. The molecule has 1 heterocycles. The van der Waals surface area contributed by atoms with Crippen LogP contribution in [0.3, 0.4) is 0 Å². The molecule has 1 aromatic heterocycles. The number of hydrogen-bond acceptors (Lipinski definition) is 3. The standard InChI is InChI=1S/C12H13F2N3/c1-3-7-6(2)16-12-8(11(7)17-15)4-5-9(13)10(12)14/h4-5H,3,15H2,1-2H3,(H,16,17). The summed E-state index contributed by atoms with van der Waals surface area (Å²) in [7, 11) is 0. The average Bonchev–Trinajstić information content (AvgIpc) is 2.33. The zero-order chi connectivity index (χ0) is 12.6. The molecule has 17 heavy (non-hydrogen) atoms. The highest BCUT2D eigenvalue weighted by Gasteiger charge is 2.15. The zero-order valence-electron chi connectivity index (χ0n) is 9.64. The molecular formula is C12H13F2N3. The maximum Gasteiger partial charge on any atom is 0.185 e. The fourth-order valence-corrected chi connectivity index (χ4v) is 2.03. The summed E-state index contributed by atoms with van der Waals surface area (Å²) in [5.41, 5.74) is 4.72. The lowest BCUT2D eigenvalue weighted by molar-refractivity contribution is 0.515. The van der Waals surface area contributed by atoms with Crippen molar-refractivity contribution in [3.63, 3.8) is 0 Å². The molecule has 0 aliphatic rings. The summed E-state index contributed by atoms with van der Waals surface area (Å²) in [5, 5.41) is 0.494. The second kappa shape index (κ2) is 4.25. The number of aryl methyl sites for hydroxylation is 1. The maximum absolute atomic E-state index is 13.6. The third-order valence-electron chi connectivity index (χ3n) is 2.85. The molecule has 2 rings (SSSR count). The molecule has 0 fully saturated rings. The van der Waals surface area contributed by atoms with Crippen LogP contribution in [0, 0.1) is 18.6 Å². The van der Waals surface area contributed by atoms with Crippen molar-refractivity contribution < 1.29 is 8.78 Å². The number of nitrogens with zero attached hydrogens (tertiary/aromatic N) is 1. The molecule has 90 valence electrons. The third kappa shape index (κ3) is 1.72. The predicted octanol–water partition coefficient (Wildman–Crippen LogP) is 2.67. The Morgan fingerprint density at radius 3 is 2.65 bits per heavy atom. The molecule has 1 aromatic carbocycles. The number of anilines is 1. The highest BCUT2D eigenvalue weighted by Crippen LogP contribution is 2.30. The third-order valence-corrected chi connectivity index (χ3v) is 2.85. The Kier molecular flexibility index (Phi) is 2.93. The second-order valence-corrected chi connectivity index (χ2v) is 3.81. The average molecular weight is 237 g/mol. The first-order valence-corrected chi connectivity index (χ1v) is 5.34. The van der Waals surface area contributed by atoms with E-state index in [-0.39, 0.29) is 5.52 Å². The van der Waals surface area contributed by atoms with Crippen molar-refractivity contribution in [3.8, 4) is 0 Å². The monoisotopic (exact) mass is 237 g/mol. The van der Waals surface area contributed by atoms with Gasteiger partial charge in [0.2, 0.25) is 0 Å². The Labute approximate surface area is 97.6 Å². The lowest BCUT2D eigenvalue weighted by Gasteiger charge is -2.13. The first-order valence-electron chi connectivity index (χ1n) is 5.34. The van der Waals surface area contributed by atoms with Crippen LogP contribution in [0.25, 0.3) is 10.9 Å². The maximum atomic E-state index is 13.6. The summed E-state index contributed by atoms with van der Waals surface area (Å²) in [6, 6.07) is 2.56. The Morgan fingerprint density at radius 1 is 1.35 bits per heavy atom. The number of halogens is 2. The highest BCUT2D eigenvalue weighted by atomic mass is 19.2. The van der Waals surface area contributed by atoms with Crippen LogP contribution < -0.4 is 11.3 Å². The fraction of sp³-hybridized carbons (Fsp3) is 0.250. The van der Waals surface area contributed by atoms with Crippen molar-refractivity contribution in [2.24, 2.45) is 5.84 Å². The molecule has 0 aliphatic carbocycles. The number of hydrazine groups is 1. The molecule has 5 heteroatoms. The number of benzene rings is 1. The quantitative estimate of drug-likeness (QED) is 0.623. The molecule has 0 atom stereocenters. The van der Waals surface area contributed by atoms with Crippen molar-refractivity contribution in [1.29, 1.82) is 0 Å². The second-order valence-electron chi connectivity index (χ2n) is 3.81. The molecule has 0 saturated carbocycles. The van der Waals surface area contributed by atoms with Gasteiger partial charge in [-0.2, -0.15) is 0 Å². The van der Waals surface area contributed by atoms with E-state index in [4.69, 9.17) is 5.84 Å². The normalized spacial score (nSPS) is 10.9. The van der Waals surface area contributed by atoms with Gasteiger partial charge in [-0.15, -0.1) is 0 Å². The van der Waals surface area contributed by atoms with Crippen LogP contribution in [-0.4, -0.2) is 4.98 Å². The summed E-state index contributed by atoms with van der Waals surface area (Å²) in [5.74, 6) is 3.61. The summed E-state index contributed by atoms with van der Waals surface area (Å²) in [4.78, 5) is 4.10. The molecule has 3 nitrogen and oxygen atoms in total. The predicted molar refractivity (Wildman–Crippen MR) is 63.6 cm³/mol. The van der Waals surface area contributed by atoms with Gasteiger partial charge < -0.3 is 5.43 Å². The smallest absolute Gasteiger partial charge is 0.185 e. The Bertz CT molecular complexity index is 582. The van der Waals surface area contributed by atoms with Gasteiger partial charge in [-0.1, -0.05) is 6.92 Å². The fourth-order valence-electron chi connectivity index (χ4n) is 2.03. The van der Waals surface area contributed by atoms with E-state index in [1.54, 1.807) is 6.92 Å². The largest absolute Gasteiger partial charge is 0.323 e. The van der Waals surface area contributed by atoms with Gasteiger partial charge in [0.1, 0.15) is 5.52 Å². The SMILES string of the molecule is CCc1c(C)nc2c(F)c(F)ccc2c1NN. The van der Waals surface area contributed by atoms with Gasteiger partial charge >= 0.3 is 0 Å². The molecule has 0 bridgehead atoms. The van der Waals surface area contributed by atoms with E-state index < -0.39 is 11.6 Å². The van der Waals surface area contributed by atoms with Crippen molar-refractivity contribution >= 4 is 16.6 Å². The first-order chi connectivity index (χ1) is 8.10. The number of nitrogen functional groups attached to an aromatic ring is 1. The van der Waals surface area contributed by atoms with Crippen LogP contribution in [0.4, 0.5) is 14.5 Å². The molecule has 0 radical (unpaired) electrons. The summed E-state index contributed by atoms with van der Waals surface area (Å²) in [6.07, 6.45) is 0.716. The topological polar surface area (TPSA) is 50.9 Å². The zero-order valence-corrected chi connectivity index (χ0v) is 9.64. The highest BCUT2D eigenvalue weighted by molar-refractivity contribution is 5.93.